The standard InChI is InChI=1S/C17H24Cl3NO5/c1-8-4-5-11-9(2)12(22-13(21)17(18,19)20)23-14-16(11)10(8)6-7-15(3,24-14)25-26-16/h8-12,14,21H,4-7H2,1-3H3/t8-,9?,10+,11?,12?,14?,15-,16-/m1/s1. The molecule has 0 aromatic carbocycles. The molecule has 0 aromatic heterocycles. The van der Waals surface area contributed by atoms with Gasteiger partial charge in [-0.05, 0) is 38.0 Å². The van der Waals surface area contributed by atoms with E-state index in [-0.39, 0.29) is 17.8 Å². The third-order valence-corrected chi connectivity index (χ3v) is 7.10. The second-order valence-corrected chi connectivity index (χ2v) is 10.5. The highest BCUT2D eigenvalue weighted by Gasteiger charge is 2.69. The summed E-state index contributed by atoms with van der Waals surface area (Å²) in [6.07, 6.45) is 2.31. The van der Waals surface area contributed by atoms with Crippen molar-refractivity contribution in [3.05, 3.63) is 0 Å². The van der Waals surface area contributed by atoms with Crippen LogP contribution >= 0.6 is 34.8 Å². The normalized spacial score (nSPS) is 50.7. The van der Waals surface area contributed by atoms with Gasteiger partial charge >= 0.3 is 0 Å². The second kappa shape index (κ2) is 6.34. The zero-order valence-electron chi connectivity index (χ0n) is 15.0. The number of hydrogen-bond acceptors (Lipinski definition) is 6. The third kappa shape index (κ3) is 2.88. The molecule has 148 valence electrons. The van der Waals surface area contributed by atoms with Crippen LogP contribution in [0.5, 0.6) is 0 Å². The number of nitrogens with one attached hydrogen (secondary N) is 1. The van der Waals surface area contributed by atoms with Crippen molar-refractivity contribution in [3.8, 4) is 0 Å². The van der Waals surface area contributed by atoms with Crippen LogP contribution in [0.15, 0.2) is 0 Å². The molecule has 1 saturated carbocycles. The number of ether oxygens (including phenoxy) is 3. The minimum atomic E-state index is -1.93. The lowest BCUT2D eigenvalue weighted by Crippen LogP contribution is -2.70. The number of fused-ring (bicyclic) bond motifs is 2. The van der Waals surface area contributed by atoms with E-state index in [0.29, 0.717) is 5.92 Å². The molecule has 5 fully saturated rings. The Balaban J connectivity index is 1.67. The molecule has 2 bridgehead atoms. The monoisotopic (exact) mass is 427 g/mol. The predicted molar refractivity (Wildman–Crippen MR) is 95.9 cm³/mol. The largest absolute Gasteiger partial charge is 0.448 e. The highest BCUT2D eigenvalue weighted by molar-refractivity contribution is 6.76. The van der Waals surface area contributed by atoms with Crippen molar-refractivity contribution in [2.75, 3.05) is 0 Å². The summed E-state index contributed by atoms with van der Waals surface area (Å²) in [5.74, 6) is -0.549. The van der Waals surface area contributed by atoms with E-state index in [0.717, 1.165) is 25.7 Å². The second-order valence-electron chi connectivity index (χ2n) is 8.22. The summed E-state index contributed by atoms with van der Waals surface area (Å²) < 4.78 is 16.0. The van der Waals surface area contributed by atoms with Gasteiger partial charge in [-0.15, -0.1) is 0 Å². The first kappa shape index (κ1) is 19.5. The summed E-state index contributed by atoms with van der Waals surface area (Å²) >= 11 is 17.3. The van der Waals surface area contributed by atoms with Crippen LogP contribution in [0.4, 0.5) is 0 Å². The van der Waals surface area contributed by atoms with Crippen LogP contribution in [-0.2, 0) is 24.0 Å². The number of hydrogen-bond donors (Lipinski definition) is 1. The van der Waals surface area contributed by atoms with Gasteiger partial charge in [0.05, 0.1) is 0 Å². The molecule has 0 aromatic rings. The summed E-state index contributed by atoms with van der Waals surface area (Å²) in [6.45, 7) is 6.13. The summed E-state index contributed by atoms with van der Waals surface area (Å²) in [5.41, 5.74) is -0.672. The Hall–Kier alpha value is 0.180. The number of halogens is 3. The summed E-state index contributed by atoms with van der Waals surface area (Å²) in [5, 5.41) is 7.90. The van der Waals surface area contributed by atoms with E-state index in [1.54, 1.807) is 0 Å². The molecule has 0 radical (unpaired) electrons. The maximum Gasteiger partial charge on any atom is 0.265 e. The van der Waals surface area contributed by atoms with E-state index in [9.17, 15) is 0 Å². The van der Waals surface area contributed by atoms with Crippen LogP contribution in [0, 0.1) is 29.1 Å². The van der Waals surface area contributed by atoms with Crippen LogP contribution in [-0.4, -0.2) is 33.7 Å². The van der Waals surface area contributed by atoms with E-state index in [1.807, 2.05) is 13.8 Å². The molecule has 5 rings (SSSR count). The first-order chi connectivity index (χ1) is 12.1. The zero-order chi connectivity index (χ0) is 18.9. The van der Waals surface area contributed by atoms with Crippen molar-refractivity contribution in [1.29, 1.82) is 5.41 Å². The third-order valence-electron chi connectivity index (χ3n) is 6.59. The van der Waals surface area contributed by atoms with Crippen LogP contribution in [0.2, 0.25) is 0 Å². The summed E-state index contributed by atoms with van der Waals surface area (Å²) in [7, 11) is 0. The van der Waals surface area contributed by atoms with Gasteiger partial charge in [-0.1, -0.05) is 48.7 Å². The lowest BCUT2D eigenvalue weighted by atomic mass is 9.58. The molecule has 4 aliphatic heterocycles. The van der Waals surface area contributed by atoms with Gasteiger partial charge in [0.25, 0.3) is 3.79 Å². The Morgan fingerprint density at radius 2 is 1.85 bits per heavy atom. The van der Waals surface area contributed by atoms with Crippen LogP contribution < -0.4 is 0 Å². The Morgan fingerprint density at radius 3 is 2.54 bits per heavy atom. The number of alkyl halides is 3. The molecule has 6 nitrogen and oxygen atoms in total. The van der Waals surface area contributed by atoms with Gasteiger partial charge in [0.15, 0.2) is 11.9 Å². The minimum Gasteiger partial charge on any atom is -0.448 e. The molecule has 1 aliphatic carbocycles. The molecule has 1 N–H and O–H groups in total. The van der Waals surface area contributed by atoms with Gasteiger partial charge < -0.3 is 14.2 Å². The van der Waals surface area contributed by atoms with E-state index in [2.05, 4.69) is 6.92 Å². The van der Waals surface area contributed by atoms with Gasteiger partial charge in [0.2, 0.25) is 18.0 Å². The SMILES string of the molecule is CC1C(OC(=N)C(Cl)(Cl)Cl)OC2O[C@@]3(C)CC[C@H]4[C@H](C)CCC1[C@@]24OO3. The highest BCUT2D eigenvalue weighted by Crippen LogP contribution is 2.60. The van der Waals surface area contributed by atoms with Crippen molar-refractivity contribution in [2.24, 2.45) is 23.7 Å². The Kier molecular flexibility index (Phi) is 4.76. The highest BCUT2D eigenvalue weighted by atomic mass is 35.6. The predicted octanol–water partition coefficient (Wildman–Crippen LogP) is 4.56. The number of rotatable bonds is 1. The zero-order valence-corrected chi connectivity index (χ0v) is 17.2. The topological polar surface area (TPSA) is 70.0 Å². The fourth-order valence-corrected chi connectivity index (χ4v) is 5.32. The van der Waals surface area contributed by atoms with Gasteiger partial charge in [-0.25, -0.2) is 9.78 Å². The van der Waals surface area contributed by atoms with Crippen molar-refractivity contribution in [3.63, 3.8) is 0 Å². The van der Waals surface area contributed by atoms with Crippen molar-refractivity contribution < 1.29 is 24.0 Å². The lowest BCUT2D eigenvalue weighted by molar-refractivity contribution is -0.576. The molecule has 5 aliphatic rings. The van der Waals surface area contributed by atoms with Gasteiger partial charge in [-0.3, -0.25) is 5.41 Å². The fourth-order valence-electron chi connectivity index (χ4n) is 5.19. The first-order valence-corrected chi connectivity index (χ1v) is 10.2. The molecule has 4 heterocycles. The van der Waals surface area contributed by atoms with Crippen LogP contribution in [0.25, 0.3) is 0 Å². The summed E-state index contributed by atoms with van der Waals surface area (Å²) in [4.78, 5) is 11.8. The molecule has 1 spiro atoms. The van der Waals surface area contributed by atoms with Crippen molar-refractivity contribution in [1.82, 2.24) is 0 Å². The molecule has 8 atom stereocenters. The van der Waals surface area contributed by atoms with E-state index >= 15 is 0 Å². The molecule has 4 saturated heterocycles. The van der Waals surface area contributed by atoms with E-state index in [4.69, 9.17) is 64.2 Å². The smallest absolute Gasteiger partial charge is 0.265 e. The fraction of sp³-hybridized carbons (Fsp3) is 0.941. The quantitative estimate of drug-likeness (QED) is 0.287. The molecule has 26 heavy (non-hydrogen) atoms. The van der Waals surface area contributed by atoms with Gasteiger partial charge in [-0.2, -0.15) is 0 Å². The Bertz CT molecular complexity index is 601. The van der Waals surface area contributed by atoms with Gasteiger partial charge in [0.1, 0.15) is 0 Å². The van der Waals surface area contributed by atoms with Crippen molar-refractivity contribution >= 4 is 40.7 Å². The van der Waals surface area contributed by atoms with Crippen LogP contribution in [0.1, 0.15) is 46.5 Å². The average molecular weight is 429 g/mol. The maximum atomic E-state index is 7.90. The average Bonchev–Trinajstić information content (AvgIpc) is 2.77. The molecule has 4 unspecified atom stereocenters. The summed E-state index contributed by atoms with van der Waals surface area (Å²) in [6, 6.07) is 0. The van der Waals surface area contributed by atoms with E-state index < -0.39 is 33.7 Å². The Morgan fingerprint density at radius 1 is 1.12 bits per heavy atom. The molecule has 9 heteroatoms. The molecular formula is C17H24Cl3NO5. The van der Waals surface area contributed by atoms with Crippen LogP contribution in [0.3, 0.4) is 0 Å². The van der Waals surface area contributed by atoms with E-state index in [1.165, 1.54) is 0 Å². The van der Waals surface area contributed by atoms with Gasteiger partial charge in [0, 0.05) is 18.3 Å². The lowest BCUT2D eigenvalue weighted by Gasteiger charge is -2.60. The minimum absolute atomic E-state index is 0.0800. The maximum absolute atomic E-state index is 7.90. The molecule has 0 amide bonds. The van der Waals surface area contributed by atoms with Crippen molar-refractivity contribution in [2.45, 2.75) is 74.2 Å². The first-order valence-electron chi connectivity index (χ1n) is 9.09. The molecular weight excluding hydrogens is 405 g/mol. The Labute approximate surface area is 168 Å².